The highest BCUT2D eigenvalue weighted by Gasteiger charge is 2.43. The van der Waals surface area contributed by atoms with Crippen molar-refractivity contribution in [3.8, 4) is 0 Å². The number of hydrogen-bond donors (Lipinski definition) is 5. The topological polar surface area (TPSA) is 222 Å². The Bertz CT molecular complexity index is 1460. The standard InChI is InChI=1S/C21H18F3N7O7/c22-21(23,24)19(38)31(8-10-7-26-15-14(27-10)17(35)30-20(25)29-15)11-3-1-9(2-4-11)16(34)28-12(18(36)37)5-6-13(32)33/h1-4,7,12H,5-6,8H2,(H,28,34)(H,32,33)(H,36,37)(H3,25,26,29,30,35). The lowest BCUT2D eigenvalue weighted by molar-refractivity contribution is -0.170. The molecule has 0 aliphatic carbocycles. The molecule has 38 heavy (non-hydrogen) atoms. The minimum atomic E-state index is -5.30. The van der Waals surface area contributed by atoms with Gasteiger partial charge in [-0.25, -0.2) is 14.8 Å². The Morgan fingerprint density at radius 3 is 2.34 bits per heavy atom. The number of nitrogens with two attached hydrogens (primary N) is 1. The van der Waals surface area contributed by atoms with Gasteiger partial charge in [-0.05, 0) is 30.7 Å². The van der Waals surface area contributed by atoms with E-state index < -0.39 is 60.9 Å². The fraction of sp³-hybridized carbons (Fsp3) is 0.238. The van der Waals surface area contributed by atoms with Crippen molar-refractivity contribution in [2.24, 2.45) is 0 Å². The van der Waals surface area contributed by atoms with Gasteiger partial charge in [-0.15, -0.1) is 0 Å². The van der Waals surface area contributed by atoms with E-state index in [2.05, 4.69) is 25.3 Å². The second-order valence-corrected chi connectivity index (χ2v) is 7.72. The van der Waals surface area contributed by atoms with Gasteiger partial charge < -0.3 is 21.3 Å². The quantitative estimate of drug-likeness (QED) is 0.252. The molecule has 14 nitrogen and oxygen atoms in total. The Balaban J connectivity index is 1.88. The summed E-state index contributed by atoms with van der Waals surface area (Å²) >= 11 is 0. The number of rotatable bonds is 9. The molecule has 200 valence electrons. The molecule has 1 atom stereocenters. The summed E-state index contributed by atoms with van der Waals surface area (Å²) in [5.74, 6) is -6.22. The summed E-state index contributed by atoms with van der Waals surface area (Å²) in [5.41, 5.74) is 3.46. The van der Waals surface area contributed by atoms with Crippen molar-refractivity contribution < 1.29 is 42.6 Å². The molecule has 17 heteroatoms. The van der Waals surface area contributed by atoms with E-state index in [0.717, 1.165) is 30.5 Å². The predicted octanol–water partition coefficient (Wildman–Crippen LogP) is 0.439. The Morgan fingerprint density at radius 1 is 1.11 bits per heavy atom. The zero-order chi connectivity index (χ0) is 28.2. The van der Waals surface area contributed by atoms with Gasteiger partial charge in [0.15, 0.2) is 11.2 Å². The number of hydrogen-bond acceptors (Lipinski definition) is 9. The fourth-order valence-electron chi connectivity index (χ4n) is 3.20. The van der Waals surface area contributed by atoms with Gasteiger partial charge in [0.1, 0.15) is 6.04 Å². The first kappa shape index (κ1) is 27.5. The third-order valence-electron chi connectivity index (χ3n) is 4.99. The first-order valence-electron chi connectivity index (χ1n) is 10.5. The number of aliphatic carboxylic acids is 2. The normalized spacial score (nSPS) is 12.1. The molecule has 2 amide bonds. The van der Waals surface area contributed by atoms with Gasteiger partial charge in [0.25, 0.3) is 11.5 Å². The number of fused-ring (bicyclic) bond motifs is 1. The molecule has 1 unspecified atom stereocenters. The van der Waals surface area contributed by atoms with E-state index in [-0.39, 0.29) is 34.1 Å². The SMILES string of the molecule is Nc1nc2ncc(CN(C(=O)C(F)(F)F)c3ccc(C(=O)NC(CCC(=O)O)C(=O)O)cc3)nc2c(=O)[nH]1. The number of aromatic amines is 1. The third-order valence-corrected chi connectivity index (χ3v) is 4.99. The minimum Gasteiger partial charge on any atom is -0.481 e. The number of nitrogens with zero attached hydrogens (tertiary/aromatic N) is 4. The number of halogens is 3. The van der Waals surface area contributed by atoms with Crippen LogP contribution in [-0.2, 0) is 20.9 Å². The highest BCUT2D eigenvalue weighted by molar-refractivity contribution is 5.99. The van der Waals surface area contributed by atoms with Gasteiger partial charge in [-0.1, -0.05) is 0 Å². The second-order valence-electron chi connectivity index (χ2n) is 7.72. The van der Waals surface area contributed by atoms with Crippen LogP contribution < -0.4 is 21.5 Å². The number of carbonyl (C=O) groups excluding carboxylic acids is 2. The van der Waals surface area contributed by atoms with Gasteiger partial charge in [0, 0.05) is 17.7 Å². The molecule has 0 bridgehead atoms. The number of anilines is 2. The molecule has 6 N–H and O–H groups in total. The average molecular weight is 537 g/mol. The van der Waals surface area contributed by atoms with Gasteiger partial charge >= 0.3 is 24.0 Å². The molecule has 0 spiro atoms. The number of carboxylic acid groups (broad SMARTS) is 2. The lowest BCUT2D eigenvalue weighted by atomic mass is 10.1. The number of aromatic nitrogens is 4. The van der Waals surface area contributed by atoms with Crippen molar-refractivity contribution in [2.75, 3.05) is 10.6 Å². The maximum atomic E-state index is 13.3. The van der Waals surface area contributed by atoms with E-state index in [0.29, 0.717) is 4.90 Å². The first-order valence-corrected chi connectivity index (χ1v) is 10.5. The van der Waals surface area contributed by atoms with Crippen molar-refractivity contribution in [1.29, 1.82) is 0 Å². The van der Waals surface area contributed by atoms with Crippen LogP contribution in [0.15, 0.2) is 35.3 Å². The zero-order valence-corrected chi connectivity index (χ0v) is 19.0. The maximum absolute atomic E-state index is 13.3. The van der Waals surface area contributed by atoms with Crippen LogP contribution in [0.4, 0.5) is 24.8 Å². The van der Waals surface area contributed by atoms with E-state index in [9.17, 15) is 42.3 Å². The Morgan fingerprint density at radius 2 is 1.76 bits per heavy atom. The first-order chi connectivity index (χ1) is 17.8. The average Bonchev–Trinajstić information content (AvgIpc) is 2.84. The lowest BCUT2D eigenvalue weighted by Crippen LogP contribution is -2.41. The number of benzene rings is 1. The molecule has 1 aromatic carbocycles. The molecule has 0 aliphatic heterocycles. The molecule has 0 saturated carbocycles. The molecule has 2 aromatic heterocycles. The van der Waals surface area contributed by atoms with Gasteiger partial charge in [0.2, 0.25) is 5.95 Å². The summed E-state index contributed by atoms with van der Waals surface area (Å²) in [7, 11) is 0. The van der Waals surface area contributed by atoms with Crippen LogP contribution in [0, 0.1) is 0 Å². The Labute approximate surface area is 209 Å². The van der Waals surface area contributed by atoms with Crippen LogP contribution in [0.1, 0.15) is 28.9 Å². The van der Waals surface area contributed by atoms with Gasteiger partial charge in [-0.2, -0.15) is 18.2 Å². The van der Waals surface area contributed by atoms with Crippen molar-refractivity contribution in [3.05, 3.63) is 52.1 Å². The van der Waals surface area contributed by atoms with Crippen LogP contribution in [0.2, 0.25) is 0 Å². The molecule has 2 heterocycles. The van der Waals surface area contributed by atoms with E-state index in [1.807, 2.05) is 0 Å². The summed E-state index contributed by atoms with van der Waals surface area (Å²) in [6.07, 6.45) is -5.22. The number of carbonyl (C=O) groups is 4. The number of H-pyrrole nitrogens is 1. The lowest BCUT2D eigenvalue weighted by Gasteiger charge is -2.24. The van der Waals surface area contributed by atoms with E-state index in [1.54, 1.807) is 0 Å². The smallest absolute Gasteiger partial charge is 0.471 e. The Hall–Kier alpha value is -5.09. The summed E-state index contributed by atoms with van der Waals surface area (Å²) < 4.78 is 40.0. The highest BCUT2D eigenvalue weighted by Crippen LogP contribution is 2.26. The molecular weight excluding hydrogens is 519 g/mol. The summed E-state index contributed by atoms with van der Waals surface area (Å²) in [5, 5.41) is 20.0. The van der Waals surface area contributed by atoms with Crippen molar-refractivity contribution >= 4 is 46.6 Å². The van der Waals surface area contributed by atoms with Gasteiger partial charge in [0.05, 0.1) is 18.4 Å². The maximum Gasteiger partial charge on any atom is 0.471 e. The highest BCUT2D eigenvalue weighted by atomic mass is 19.4. The fourth-order valence-corrected chi connectivity index (χ4v) is 3.20. The number of amides is 2. The summed E-state index contributed by atoms with van der Waals surface area (Å²) in [4.78, 5) is 72.6. The minimum absolute atomic E-state index is 0.165. The summed E-state index contributed by atoms with van der Waals surface area (Å²) in [6.45, 7) is -0.771. The summed E-state index contributed by atoms with van der Waals surface area (Å²) in [6, 6.07) is 2.58. The Kier molecular flexibility index (Phi) is 7.88. The largest absolute Gasteiger partial charge is 0.481 e. The number of nitrogens with one attached hydrogen (secondary N) is 2. The number of nitrogen functional groups attached to an aromatic ring is 1. The molecule has 0 saturated heterocycles. The molecule has 3 aromatic rings. The number of carboxylic acids is 2. The van der Waals surface area contributed by atoms with Crippen molar-refractivity contribution in [1.82, 2.24) is 25.3 Å². The predicted molar refractivity (Wildman–Crippen MR) is 122 cm³/mol. The van der Waals surface area contributed by atoms with E-state index in [1.165, 1.54) is 0 Å². The number of alkyl halides is 3. The van der Waals surface area contributed by atoms with E-state index >= 15 is 0 Å². The van der Waals surface area contributed by atoms with Crippen molar-refractivity contribution in [3.63, 3.8) is 0 Å². The van der Waals surface area contributed by atoms with Crippen molar-refractivity contribution in [2.45, 2.75) is 31.6 Å². The zero-order valence-electron chi connectivity index (χ0n) is 19.0. The molecule has 0 fully saturated rings. The van der Waals surface area contributed by atoms with Crippen LogP contribution in [-0.4, -0.2) is 66.1 Å². The monoisotopic (exact) mass is 537 g/mol. The van der Waals surface area contributed by atoms with Gasteiger partial charge in [-0.3, -0.25) is 29.1 Å². The second kappa shape index (κ2) is 10.9. The van der Waals surface area contributed by atoms with Crippen LogP contribution >= 0.6 is 0 Å². The van der Waals surface area contributed by atoms with Crippen LogP contribution in [0.3, 0.4) is 0 Å². The van der Waals surface area contributed by atoms with E-state index in [4.69, 9.17) is 10.8 Å². The van der Waals surface area contributed by atoms with Crippen LogP contribution in [0.5, 0.6) is 0 Å². The third kappa shape index (κ3) is 6.56. The molecule has 3 rings (SSSR count). The molecular formula is C21H18F3N7O7. The molecule has 0 aliphatic rings. The van der Waals surface area contributed by atoms with Crippen LogP contribution in [0.25, 0.3) is 11.2 Å². The molecule has 0 radical (unpaired) electrons.